The lowest BCUT2D eigenvalue weighted by molar-refractivity contribution is -0.139. The highest BCUT2D eigenvalue weighted by Gasteiger charge is 2.14. The molecule has 0 amide bonds. The normalized spacial score (nSPS) is 12.8. The number of nitrogens with one attached hydrogen (secondary N) is 1. The van der Waals surface area contributed by atoms with Crippen LogP contribution in [-0.4, -0.2) is 23.7 Å². The van der Waals surface area contributed by atoms with E-state index >= 15 is 0 Å². The number of rotatable bonds is 7. The second kappa shape index (κ2) is 7.10. The van der Waals surface area contributed by atoms with Gasteiger partial charge in [0.05, 0.1) is 0 Å². The molecule has 1 atom stereocenters. The zero-order valence-corrected chi connectivity index (χ0v) is 7.97. The summed E-state index contributed by atoms with van der Waals surface area (Å²) in [6.45, 7) is 4.89. The smallest absolute Gasteiger partial charge is 0.320 e. The first-order valence-corrected chi connectivity index (χ1v) is 4.68. The van der Waals surface area contributed by atoms with Gasteiger partial charge in [0, 0.05) is 0 Å². The van der Waals surface area contributed by atoms with Crippen LogP contribution in [0.25, 0.3) is 0 Å². The molecule has 0 radical (unpaired) electrons. The molecule has 12 heavy (non-hydrogen) atoms. The number of hydrogen-bond donors (Lipinski definition) is 2. The fourth-order valence-electron chi connectivity index (χ4n) is 1.04. The van der Waals surface area contributed by atoms with E-state index in [0.29, 0.717) is 0 Å². The number of aliphatic carboxylic acids is 1. The molecule has 0 aromatic heterocycles. The summed E-state index contributed by atoms with van der Waals surface area (Å²) in [6, 6.07) is -0.343. The molecular formula is C9H19NO2. The fraction of sp³-hybridized carbons (Fsp3) is 0.889. The predicted octanol–water partition coefficient (Wildman–Crippen LogP) is 1.63. The summed E-state index contributed by atoms with van der Waals surface area (Å²) in [5.41, 5.74) is 0. The van der Waals surface area contributed by atoms with Gasteiger partial charge in [0.2, 0.25) is 0 Å². The highest BCUT2D eigenvalue weighted by Crippen LogP contribution is 2.00. The van der Waals surface area contributed by atoms with Gasteiger partial charge in [-0.2, -0.15) is 0 Å². The summed E-state index contributed by atoms with van der Waals surface area (Å²) in [6.07, 6.45) is 3.76. The average Bonchev–Trinajstić information content (AvgIpc) is 2.04. The molecule has 1 unspecified atom stereocenters. The van der Waals surface area contributed by atoms with Gasteiger partial charge in [-0.05, 0) is 19.4 Å². The second-order valence-corrected chi connectivity index (χ2v) is 2.99. The predicted molar refractivity (Wildman–Crippen MR) is 49.2 cm³/mol. The molecule has 0 aromatic rings. The van der Waals surface area contributed by atoms with Crippen LogP contribution >= 0.6 is 0 Å². The minimum absolute atomic E-state index is 0.343. The quantitative estimate of drug-likeness (QED) is 0.615. The maximum absolute atomic E-state index is 10.6. The van der Waals surface area contributed by atoms with Crippen LogP contribution in [0.2, 0.25) is 0 Å². The molecule has 0 aliphatic heterocycles. The van der Waals surface area contributed by atoms with Crippen molar-refractivity contribution in [2.45, 2.75) is 45.6 Å². The number of carboxylic acid groups (broad SMARTS) is 1. The van der Waals surface area contributed by atoms with Gasteiger partial charge in [-0.1, -0.05) is 26.7 Å². The van der Waals surface area contributed by atoms with E-state index in [-0.39, 0.29) is 6.04 Å². The van der Waals surface area contributed by atoms with Gasteiger partial charge >= 0.3 is 5.97 Å². The molecule has 72 valence electrons. The van der Waals surface area contributed by atoms with Crippen molar-refractivity contribution >= 4 is 5.97 Å². The zero-order valence-electron chi connectivity index (χ0n) is 7.97. The first-order chi connectivity index (χ1) is 5.72. The van der Waals surface area contributed by atoms with Gasteiger partial charge in [-0.3, -0.25) is 4.79 Å². The largest absolute Gasteiger partial charge is 0.480 e. The van der Waals surface area contributed by atoms with Crippen molar-refractivity contribution in [1.29, 1.82) is 0 Å². The van der Waals surface area contributed by atoms with Crippen LogP contribution in [0, 0.1) is 0 Å². The van der Waals surface area contributed by atoms with Crippen LogP contribution in [0.15, 0.2) is 0 Å². The van der Waals surface area contributed by atoms with E-state index in [2.05, 4.69) is 12.2 Å². The van der Waals surface area contributed by atoms with Crippen molar-refractivity contribution in [2.75, 3.05) is 6.54 Å². The summed E-state index contributed by atoms with van der Waals surface area (Å²) in [7, 11) is 0. The molecule has 0 fully saturated rings. The van der Waals surface area contributed by atoms with E-state index in [4.69, 9.17) is 5.11 Å². The molecule has 2 N–H and O–H groups in total. The lowest BCUT2D eigenvalue weighted by Gasteiger charge is -2.12. The van der Waals surface area contributed by atoms with Crippen molar-refractivity contribution in [3.8, 4) is 0 Å². The summed E-state index contributed by atoms with van der Waals surface area (Å²) in [4.78, 5) is 10.6. The molecule has 0 aliphatic rings. The zero-order chi connectivity index (χ0) is 9.40. The third-order valence-corrected chi connectivity index (χ3v) is 1.79. The van der Waals surface area contributed by atoms with Crippen molar-refractivity contribution in [3.05, 3.63) is 0 Å². The second-order valence-electron chi connectivity index (χ2n) is 2.99. The summed E-state index contributed by atoms with van der Waals surface area (Å²) in [5, 5.41) is 11.8. The maximum Gasteiger partial charge on any atom is 0.320 e. The summed E-state index contributed by atoms with van der Waals surface area (Å²) in [5.74, 6) is -0.725. The van der Waals surface area contributed by atoms with E-state index in [9.17, 15) is 4.79 Å². The molecule has 0 saturated carbocycles. The van der Waals surface area contributed by atoms with Crippen molar-refractivity contribution < 1.29 is 9.90 Å². The Bertz CT molecular complexity index is 118. The summed E-state index contributed by atoms with van der Waals surface area (Å²) >= 11 is 0. The van der Waals surface area contributed by atoms with Crippen LogP contribution in [0.5, 0.6) is 0 Å². The van der Waals surface area contributed by atoms with Crippen molar-refractivity contribution in [3.63, 3.8) is 0 Å². The molecule has 0 bridgehead atoms. The maximum atomic E-state index is 10.6. The van der Waals surface area contributed by atoms with Crippen LogP contribution in [0.1, 0.15) is 39.5 Å². The Kier molecular flexibility index (Phi) is 6.76. The SMILES string of the molecule is CCCCC(NCCC)C(=O)O. The Labute approximate surface area is 74.2 Å². The van der Waals surface area contributed by atoms with Crippen molar-refractivity contribution in [2.24, 2.45) is 0 Å². The van der Waals surface area contributed by atoms with E-state index < -0.39 is 5.97 Å². The molecule has 0 rings (SSSR count). The van der Waals surface area contributed by atoms with Gasteiger partial charge in [0.1, 0.15) is 6.04 Å². The lowest BCUT2D eigenvalue weighted by Crippen LogP contribution is -2.36. The Morgan fingerprint density at radius 3 is 2.50 bits per heavy atom. The highest BCUT2D eigenvalue weighted by atomic mass is 16.4. The fourth-order valence-corrected chi connectivity index (χ4v) is 1.04. The molecule has 0 saturated heterocycles. The minimum Gasteiger partial charge on any atom is -0.480 e. The van der Waals surface area contributed by atoms with Gasteiger partial charge < -0.3 is 10.4 Å². The summed E-state index contributed by atoms with van der Waals surface area (Å²) < 4.78 is 0. The standard InChI is InChI=1S/C9H19NO2/c1-3-5-6-8(9(11)12)10-7-4-2/h8,10H,3-7H2,1-2H3,(H,11,12). The van der Waals surface area contributed by atoms with Gasteiger partial charge in [0.25, 0.3) is 0 Å². The molecule has 0 spiro atoms. The van der Waals surface area contributed by atoms with E-state index in [1.54, 1.807) is 0 Å². The van der Waals surface area contributed by atoms with Crippen LogP contribution in [0.3, 0.4) is 0 Å². The molecule has 3 nitrogen and oxygen atoms in total. The van der Waals surface area contributed by atoms with E-state index in [0.717, 1.165) is 32.2 Å². The lowest BCUT2D eigenvalue weighted by atomic mass is 10.1. The minimum atomic E-state index is -0.725. The van der Waals surface area contributed by atoms with Crippen molar-refractivity contribution in [1.82, 2.24) is 5.32 Å². The number of unbranched alkanes of at least 4 members (excludes halogenated alkanes) is 1. The third kappa shape index (κ3) is 5.13. The Hall–Kier alpha value is -0.570. The Morgan fingerprint density at radius 2 is 2.08 bits per heavy atom. The number of carboxylic acids is 1. The van der Waals surface area contributed by atoms with Crippen LogP contribution in [0.4, 0.5) is 0 Å². The van der Waals surface area contributed by atoms with Crippen LogP contribution in [-0.2, 0) is 4.79 Å². The first kappa shape index (κ1) is 11.4. The molecule has 3 heteroatoms. The van der Waals surface area contributed by atoms with E-state index in [1.165, 1.54) is 0 Å². The van der Waals surface area contributed by atoms with Gasteiger partial charge in [-0.15, -0.1) is 0 Å². The van der Waals surface area contributed by atoms with Gasteiger partial charge in [0.15, 0.2) is 0 Å². The topological polar surface area (TPSA) is 49.3 Å². The first-order valence-electron chi connectivity index (χ1n) is 4.68. The molecule has 0 heterocycles. The third-order valence-electron chi connectivity index (χ3n) is 1.79. The highest BCUT2D eigenvalue weighted by molar-refractivity contribution is 5.73. The molecule has 0 aliphatic carbocycles. The number of carbonyl (C=O) groups is 1. The molecular weight excluding hydrogens is 154 g/mol. The Balaban J connectivity index is 3.62. The van der Waals surface area contributed by atoms with E-state index in [1.807, 2.05) is 6.92 Å². The molecule has 0 aromatic carbocycles. The monoisotopic (exact) mass is 173 g/mol. The Morgan fingerprint density at radius 1 is 1.42 bits per heavy atom. The van der Waals surface area contributed by atoms with Crippen LogP contribution < -0.4 is 5.32 Å². The average molecular weight is 173 g/mol. The number of hydrogen-bond acceptors (Lipinski definition) is 2. The van der Waals surface area contributed by atoms with Gasteiger partial charge in [-0.25, -0.2) is 0 Å².